The summed E-state index contributed by atoms with van der Waals surface area (Å²) in [6.45, 7) is 14.3. The molecule has 0 saturated carbocycles. The number of ether oxygens (including phenoxy) is 2. The summed E-state index contributed by atoms with van der Waals surface area (Å²) < 4.78 is 54.2. The number of nitrogens with one attached hydrogen (secondary N) is 6. The van der Waals surface area contributed by atoms with E-state index < -0.39 is 17.0 Å². The molecule has 20 heteroatoms. The molecule has 18 nitrogen and oxygen atoms in total. The summed E-state index contributed by atoms with van der Waals surface area (Å²) in [5.41, 5.74) is 7.39. The number of likely N-dealkylation sites (tertiary alicyclic amines) is 2. The van der Waals surface area contributed by atoms with Crippen LogP contribution in [-0.2, 0) is 9.47 Å². The van der Waals surface area contributed by atoms with Gasteiger partial charge in [0.1, 0.15) is 68.8 Å². The summed E-state index contributed by atoms with van der Waals surface area (Å²) in [7, 11) is 0. The summed E-state index contributed by atoms with van der Waals surface area (Å²) in [6, 6.07) is 26.0. The summed E-state index contributed by atoms with van der Waals surface area (Å²) in [5.74, 6) is 3.61. The van der Waals surface area contributed by atoms with Gasteiger partial charge in [0.05, 0.1) is 71.7 Å². The number of aromatic nitrogens is 8. The molecule has 6 aromatic heterocycles. The number of fused-ring (bicyclic) bond motifs is 2. The van der Waals surface area contributed by atoms with Crippen LogP contribution in [0.1, 0.15) is 148 Å². The van der Waals surface area contributed by atoms with Crippen molar-refractivity contribution in [2.24, 2.45) is 0 Å². The molecule has 4 aromatic carbocycles. The van der Waals surface area contributed by atoms with E-state index in [-0.39, 0.29) is 43.6 Å². The average Bonchev–Trinajstić information content (AvgIpc) is 3.44. The Labute approximate surface area is 503 Å². The summed E-state index contributed by atoms with van der Waals surface area (Å²) in [6.07, 6.45) is 14.0. The fourth-order valence-corrected chi connectivity index (χ4v) is 12.1. The van der Waals surface area contributed by atoms with Crippen LogP contribution < -0.4 is 10.6 Å². The Morgan fingerprint density at radius 2 is 0.885 bits per heavy atom. The number of H-pyrrole nitrogens is 4. The minimum absolute atomic E-state index is 0. The van der Waals surface area contributed by atoms with Gasteiger partial charge in [-0.05, 0) is 179 Å². The molecule has 4 fully saturated rings. The van der Waals surface area contributed by atoms with Crippen LogP contribution in [0.5, 0.6) is 0 Å². The van der Waals surface area contributed by atoms with Crippen molar-refractivity contribution in [2.75, 3.05) is 26.2 Å². The molecule has 2 amide bonds. The summed E-state index contributed by atoms with van der Waals surface area (Å²) >= 11 is 0. The van der Waals surface area contributed by atoms with Crippen molar-refractivity contribution in [1.29, 1.82) is 0 Å². The number of rotatable bonds is 10. The molecule has 4 aliphatic rings. The molecule has 10 heterocycles. The zero-order chi connectivity index (χ0) is 59.4. The van der Waals surface area contributed by atoms with Gasteiger partial charge in [-0.25, -0.2) is 38.3 Å². The molecular weight excluding hydrogens is 1110 g/mol. The Hall–Kier alpha value is -8.88. The van der Waals surface area contributed by atoms with Gasteiger partial charge in [-0.2, -0.15) is 0 Å². The number of halogens is 2. The van der Waals surface area contributed by atoms with Crippen LogP contribution in [0.3, 0.4) is 0 Å². The summed E-state index contributed by atoms with van der Waals surface area (Å²) in [5, 5.41) is 8.71. The van der Waals surface area contributed by atoms with Gasteiger partial charge in [-0.3, -0.25) is 9.80 Å². The number of benzene rings is 4. The molecule has 4 aliphatic heterocycles. The van der Waals surface area contributed by atoms with Crippen LogP contribution in [-0.4, -0.2) is 99.2 Å². The van der Waals surface area contributed by atoms with Crippen molar-refractivity contribution >= 4 is 34.1 Å². The fraction of sp³-hybridized carbons (Fsp3) is 0.373. The van der Waals surface area contributed by atoms with Gasteiger partial charge in [0, 0.05) is 57.2 Å². The van der Waals surface area contributed by atoms with Gasteiger partial charge in [-0.15, -0.1) is 0 Å². The van der Waals surface area contributed by atoms with Crippen LogP contribution >= 0.6 is 0 Å². The number of amides is 2. The molecule has 452 valence electrons. The van der Waals surface area contributed by atoms with E-state index in [1.165, 1.54) is 18.6 Å². The van der Waals surface area contributed by atoms with Crippen LogP contribution in [0, 0.1) is 11.6 Å². The first-order valence-electron chi connectivity index (χ1n) is 29.8. The number of imidazole rings is 4. The highest BCUT2D eigenvalue weighted by atomic mass is 19.1. The first-order chi connectivity index (χ1) is 41.4. The minimum atomic E-state index is -0.599. The normalized spacial score (nSPS) is 18.8. The number of hydrogen-bond acceptors (Lipinski definition) is 12. The lowest BCUT2D eigenvalue weighted by Gasteiger charge is -2.27. The molecular formula is C67H74F2N12O6. The van der Waals surface area contributed by atoms with E-state index >= 15 is 8.78 Å². The van der Waals surface area contributed by atoms with Crippen LogP contribution in [0.25, 0.3) is 89.6 Å². The van der Waals surface area contributed by atoms with Gasteiger partial charge in [0.15, 0.2) is 0 Å². The van der Waals surface area contributed by atoms with Gasteiger partial charge in [0.2, 0.25) is 0 Å². The highest BCUT2D eigenvalue weighted by Gasteiger charge is 2.37. The molecule has 0 radical (unpaired) electrons. The molecule has 4 saturated heterocycles. The minimum Gasteiger partial charge on any atom is -0.456 e. The maximum Gasteiger partial charge on any atom is 0.410 e. The second-order valence-corrected chi connectivity index (χ2v) is 24.8. The maximum atomic E-state index is 15.6. The third-order valence-corrected chi connectivity index (χ3v) is 16.3. The lowest BCUT2D eigenvalue weighted by molar-refractivity contribution is 0.0208. The van der Waals surface area contributed by atoms with Crippen molar-refractivity contribution < 1.29 is 36.7 Å². The SMILES string of the molecule is C.CC(C)(C)OC(=O)N1CCC[C@H]1c1ncc(-c2ccc3oc(-c4ccc(-c5cnc([C@@H]6CCCN6C(=O)OC(C)(C)C)[nH]5)c(F)c4)cc3c2)[nH]1.Fc1cc(-c2cc3cc(-c4cnc([C@@H]5CCCN5)[nH]4)ccc3o2)ccc1-c1cnc([C@@H]2CCCN2)[nH]1. The van der Waals surface area contributed by atoms with Gasteiger partial charge >= 0.3 is 12.2 Å². The third kappa shape index (κ3) is 12.4. The highest BCUT2D eigenvalue weighted by molar-refractivity contribution is 5.88. The Kier molecular flexibility index (Phi) is 16.0. The smallest absolute Gasteiger partial charge is 0.410 e. The molecule has 0 unspecified atom stereocenters. The number of carbonyl (C=O) groups is 2. The number of hydrogen-bond donors (Lipinski definition) is 6. The van der Waals surface area contributed by atoms with E-state index in [9.17, 15) is 9.59 Å². The van der Waals surface area contributed by atoms with Gasteiger partial charge in [-0.1, -0.05) is 19.6 Å². The quantitative estimate of drug-likeness (QED) is 0.0752. The zero-order valence-corrected chi connectivity index (χ0v) is 49.1. The zero-order valence-electron chi connectivity index (χ0n) is 49.1. The van der Waals surface area contributed by atoms with Gasteiger partial charge in [0.25, 0.3) is 0 Å². The standard InChI is InChI=1S/C38H43FN6O5.C28H27FN6O.CH4/c1-37(2,3)49-35(46)44-15-7-9-29(44)33-40-20-27(42-33)22-12-14-31-24(17-22)19-32(48-31)23-11-13-25(26(39)18-23)28-21-41-34(43-28)30-10-8-16-45(30)36(47)50-38(4,5)6;29-20-12-17(5-7-19(20)24-15-33-28(35-24)22-4-2-10-31-22)26-13-18-11-16(6-8-25(18)36-26)23-14-32-27(34-23)21-3-1-9-30-21;/h11-14,17-21,29-30H,7-10,15-16H2,1-6H3,(H,40,42)(H,41,43);5-8,11-15,21-22,30-31H,1-4,9-10H2,(H,32,34)(H,33,35);1H4/t29-,30-;21-,22-;/m00./s1. The fourth-order valence-electron chi connectivity index (χ4n) is 12.1. The highest BCUT2D eigenvalue weighted by Crippen LogP contribution is 2.39. The third-order valence-electron chi connectivity index (χ3n) is 16.3. The molecule has 0 aliphatic carbocycles. The Morgan fingerprint density at radius 3 is 1.30 bits per heavy atom. The molecule has 0 bridgehead atoms. The van der Waals surface area contributed by atoms with Crippen molar-refractivity contribution in [1.82, 2.24) is 60.3 Å². The van der Waals surface area contributed by atoms with E-state index in [1.54, 1.807) is 40.5 Å². The number of nitrogens with zero attached hydrogens (tertiary/aromatic N) is 6. The molecule has 14 rings (SSSR count). The van der Waals surface area contributed by atoms with Crippen LogP contribution in [0.4, 0.5) is 18.4 Å². The topological polar surface area (TPSA) is 224 Å². The number of furan rings is 2. The lowest BCUT2D eigenvalue weighted by atomic mass is 10.1. The number of carbonyl (C=O) groups excluding carboxylic acids is 2. The van der Waals surface area contributed by atoms with Crippen molar-refractivity contribution in [2.45, 2.75) is 136 Å². The van der Waals surface area contributed by atoms with E-state index in [0.717, 1.165) is 114 Å². The van der Waals surface area contributed by atoms with E-state index in [1.807, 2.05) is 102 Å². The van der Waals surface area contributed by atoms with Crippen molar-refractivity contribution in [3.05, 3.63) is 145 Å². The Balaban J connectivity index is 0.000000176. The van der Waals surface area contributed by atoms with Crippen LogP contribution in [0.2, 0.25) is 0 Å². The van der Waals surface area contributed by atoms with E-state index in [4.69, 9.17) is 18.3 Å². The predicted octanol–water partition coefficient (Wildman–Crippen LogP) is 15.7. The monoisotopic (exact) mass is 1180 g/mol. The van der Waals surface area contributed by atoms with Crippen LogP contribution in [0.15, 0.2) is 119 Å². The number of aromatic amines is 4. The molecule has 4 atom stereocenters. The lowest BCUT2D eigenvalue weighted by Crippen LogP contribution is -2.36. The van der Waals surface area contributed by atoms with Gasteiger partial charge < -0.3 is 48.9 Å². The van der Waals surface area contributed by atoms with Crippen molar-refractivity contribution in [3.8, 4) is 67.7 Å². The largest absolute Gasteiger partial charge is 0.456 e. The average molecular weight is 1180 g/mol. The Morgan fingerprint density at radius 1 is 0.494 bits per heavy atom. The van der Waals surface area contributed by atoms with E-state index in [0.29, 0.717) is 75.7 Å². The molecule has 0 spiro atoms. The van der Waals surface area contributed by atoms with E-state index in [2.05, 4.69) is 56.6 Å². The maximum absolute atomic E-state index is 15.6. The summed E-state index contributed by atoms with van der Waals surface area (Å²) in [4.78, 5) is 60.6. The first kappa shape index (κ1) is 58.5. The van der Waals surface area contributed by atoms with Crippen molar-refractivity contribution in [3.63, 3.8) is 0 Å². The first-order valence-corrected chi connectivity index (χ1v) is 29.8. The molecule has 87 heavy (non-hydrogen) atoms. The second kappa shape index (κ2) is 23.8. The molecule has 10 aromatic rings. The molecule has 6 N–H and O–H groups in total. The second-order valence-electron chi connectivity index (χ2n) is 24.8. The Bertz CT molecular complexity index is 4110. The predicted molar refractivity (Wildman–Crippen MR) is 330 cm³/mol.